The Morgan fingerprint density at radius 1 is 0.800 bits per heavy atom. The van der Waals surface area contributed by atoms with Crippen molar-refractivity contribution in [1.82, 2.24) is 4.90 Å². The third-order valence-electron chi connectivity index (χ3n) is 6.57. The van der Waals surface area contributed by atoms with Crippen LogP contribution in [0.1, 0.15) is 27.5 Å². The van der Waals surface area contributed by atoms with Crippen LogP contribution in [0.15, 0.2) is 97.1 Å². The summed E-state index contributed by atoms with van der Waals surface area (Å²) in [5, 5.41) is 1.41. The predicted molar refractivity (Wildman–Crippen MR) is 146 cm³/mol. The van der Waals surface area contributed by atoms with Gasteiger partial charge in [0.05, 0.1) is 16.8 Å². The molecule has 1 aliphatic rings. The molecule has 1 fully saturated rings. The number of carbonyl (C=O) groups is 1. The highest BCUT2D eigenvalue weighted by atomic mass is 35.5. The number of carbonyl (C=O) groups excluding carboxylic acids is 1. The number of nitrogens with zero attached hydrogens (tertiary/aromatic N) is 2. The second-order valence-electron chi connectivity index (χ2n) is 8.91. The second-order valence-corrected chi connectivity index (χ2v) is 9.75. The van der Waals surface area contributed by atoms with E-state index in [0.717, 1.165) is 33.0 Å². The zero-order chi connectivity index (χ0) is 24.4. The molecular formula is C30H26Cl2N2O. The minimum Gasteiger partial charge on any atom is -0.360 e. The van der Waals surface area contributed by atoms with Gasteiger partial charge in [-0.1, -0.05) is 83.9 Å². The Hall–Kier alpha value is -3.27. The largest absolute Gasteiger partial charge is 0.360 e. The van der Waals surface area contributed by atoms with Crippen LogP contribution in [0, 0.1) is 6.92 Å². The van der Waals surface area contributed by atoms with E-state index in [1.165, 1.54) is 0 Å². The number of anilines is 1. The molecule has 176 valence electrons. The summed E-state index contributed by atoms with van der Waals surface area (Å²) in [6, 6.07) is 32.0. The van der Waals surface area contributed by atoms with Crippen molar-refractivity contribution in [2.45, 2.75) is 13.0 Å². The van der Waals surface area contributed by atoms with Crippen LogP contribution in [-0.2, 0) is 0 Å². The number of aryl methyl sites for hydroxylation is 1. The first kappa shape index (κ1) is 23.5. The van der Waals surface area contributed by atoms with Gasteiger partial charge in [0.25, 0.3) is 5.91 Å². The Labute approximate surface area is 216 Å². The summed E-state index contributed by atoms with van der Waals surface area (Å²) in [7, 11) is 0. The highest BCUT2D eigenvalue weighted by Crippen LogP contribution is 2.36. The molecular weight excluding hydrogens is 475 g/mol. The van der Waals surface area contributed by atoms with Crippen molar-refractivity contribution in [3.05, 3.63) is 124 Å². The van der Waals surface area contributed by atoms with E-state index in [2.05, 4.69) is 29.2 Å². The van der Waals surface area contributed by atoms with E-state index in [-0.39, 0.29) is 11.9 Å². The van der Waals surface area contributed by atoms with Crippen LogP contribution in [0.5, 0.6) is 0 Å². The highest BCUT2D eigenvalue weighted by Gasteiger charge is 2.32. The maximum absolute atomic E-state index is 13.5. The number of benzene rings is 4. The molecule has 0 saturated carbocycles. The smallest absolute Gasteiger partial charge is 0.253 e. The average molecular weight is 501 g/mol. The molecule has 0 aromatic heterocycles. The molecule has 4 aromatic rings. The first-order chi connectivity index (χ1) is 17.0. The minimum atomic E-state index is -0.0336. The van der Waals surface area contributed by atoms with E-state index >= 15 is 0 Å². The molecule has 1 amide bonds. The quantitative estimate of drug-likeness (QED) is 0.287. The fraction of sp³-hybridized carbons (Fsp3) is 0.167. The molecule has 0 N–H and O–H groups in total. The fourth-order valence-corrected chi connectivity index (χ4v) is 5.16. The summed E-state index contributed by atoms with van der Waals surface area (Å²) in [6.07, 6.45) is 0. The lowest BCUT2D eigenvalue weighted by molar-refractivity contribution is 0.0722. The van der Waals surface area contributed by atoms with Gasteiger partial charge in [-0.05, 0) is 65.6 Å². The average Bonchev–Trinajstić information content (AvgIpc) is 2.89. The van der Waals surface area contributed by atoms with Gasteiger partial charge in [-0.15, -0.1) is 0 Å². The number of hydrogen-bond acceptors (Lipinski definition) is 2. The van der Waals surface area contributed by atoms with E-state index in [1.54, 1.807) is 0 Å². The van der Waals surface area contributed by atoms with Crippen LogP contribution in [-0.4, -0.2) is 30.4 Å². The third kappa shape index (κ3) is 5.07. The van der Waals surface area contributed by atoms with Crippen LogP contribution in [0.3, 0.4) is 0 Å². The summed E-state index contributed by atoms with van der Waals surface area (Å²) >= 11 is 12.8. The molecule has 0 spiro atoms. The zero-order valence-electron chi connectivity index (χ0n) is 19.5. The Morgan fingerprint density at radius 2 is 1.49 bits per heavy atom. The summed E-state index contributed by atoms with van der Waals surface area (Å²) in [6.45, 7) is 3.90. The fourth-order valence-electron chi connectivity index (χ4n) is 4.69. The first-order valence-electron chi connectivity index (χ1n) is 11.7. The van der Waals surface area contributed by atoms with Crippen molar-refractivity contribution in [2.24, 2.45) is 0 Å². The monoisotopic (exact) mass is 500 g/mol. The molecule has 1 saturated heterocycles. The van der Waals surface area contributed by atoms with Gasteiger partial charge in [0.1, 0.15) is 0 Å². The van der Waals surface area contributed by atoms with Gasteiger partial charge in [-0.25, -0.2) is 0 Å². The Balaban J connectivity index is 1.41. The molecule has 0 bridgehead atoms. The van der Waals surface area contributed by atoms with Crippen molar-refractivity contribution in [2.75, 3.05) is 24.5 Å². The van der Waals surface area contributed by atoms with Gasteiger partial charge in [0.15, 0.2) is 0 Å². The van der Waals surface area contributed by atoms with Gasteiger partial charge < -0.3 is 9.80 Å². The molecule has 1 unspecified atom stereocenters. The van der Waals surface area contributed by atoms with Gasteiger partial charge in [0.2, 0.25) is 0 Å². The Morgan fingerprint density at radius 3 is 2.17 bits per heavy atom. The zero-order valence-corrected chi connectivity index (χ0v) is 21.0. The molecule has 5 rings (SSSR count). The Kier molecular flexibility index (Phi) is 6.81. The molecule has 3 nitrogen and oxygen atoms in total. The number of halogens is 2. The normalized spacial score (nSPS) is 15.8. The van der Waals surface area contributed by atoms with E-state index < -0.39 is 0 Å². The SMILES string of the molecule is Cc1ccc(N2CCN(C(=O)c3ccc(-c4ccccc4)cc3)CC2c2ccc(Cl)cc2)c(Cl)c1. The minimum absolute atomic E-state index is 0.0336. The van der Waals surface area contributed by atoms with Crippen molar-refractivity contribution in [3.63, 3.8) is 0 Å². The van der Waals surface area contributed by atoms with E-state index in [9.17, 15) is 4.79 Å². The lowest BCUT2D eigenvalue weighted by Crippen LogP contribution is -2.50. The highest BCUT2D eigenvalue weighted by molar-refractivity contribution is 6.33. The summed E-state index contributed by atoms with van der Waals surface area (Å²) in [5.41, 5.74) is 6.13. The van der Waals surface area contributed by atoms with Crippen molar-refractivity contribution in [1.29, 1.82) is 0 Å². The predicted octanol–water partition coefficient (Wildman–Crippen LogP) is 7.67. The summed E-state index contributed by atoms with van der Waals surface area (Å²) in [5.74, 6) is 0.0400. The van der Waals surface area contributed by atoms with Crippen LogP contribution in [0.25, 0.3) is 11.1 Å². The molecule has 0 aliphatic carbocycles. The Bertz CT molecular complexity index is 1320. The van der Waals surface area contributed by atoms with Crippen molar-refractivity contribution in [3.8, 4) is 11.1 Å². The molecule has 0 radical (unpaired) electrons. The lowest BCUT2D eigenvalue weighted by Gasteiger charge is -2.43. The molecule has 1 atom stereocenters. The van der Waals surface area contributed by atoms with Crippen LogP contribution in [0.4, 0.5) is 5.69 Å². The maximum Gasteiger partial charge on any atom is 0.253 e. The van der Waals surface area contributed by atoms with Crippen molar-refractivity contribution >= 4 is 34.8 Å². The van der Waals surface area contributed by atoms with E-state index in [1.807, 2.05) is 84.6 Å². The van der Waals surface area contributed by atoms with Gasteiger partial charge >= 0.3 is 0 Å². The number of amides is 1. The van der Waals surface area contributed by atoms with Gasteiger partial charge in [-0.3, -0.25) is 4.79 Å². The number of piperazine rings is 1. The topological polar surface area (TPSA) is 23.6 Å². The van der Waals surface area contributed by atoms with Gasteiger partial charge in [-0.2, -0.15) is 0 Å². The summed E-state index contributed by atoms with van der Waals surface area (Å²) in [4.78, 5) is 17.7. The number of rotatable bonds is 4. The van der Waals surface area contributed by atoms with E-state index in [4.69, 9.17) is 23.2 Å². The van der Waals surface area contributed by atoms with Crippen LogP contribution in [0.2, 0.25) is 10.0 Å². The standard InChI is InChI=1S/C30H26Cl2N2O/c1-21-7-16-28(27(32)19-21)34-18-17-33(20-29(34)24-12-14-26(31)15-13-24)30(35)25-10-8-23(9-11-25)22-5-3-2-4-6-22/h2-16,19,29H,17-18,20H2,1H3. The molecule has 35 heavy (non-hydrogen) atoms. The van der Waals surface area contributed by atoms with Crippen LogP contribution < -0.4 is 4.90 Å². The van der Waals surface area contributed by atoms with Gasteiger partial charge in [0, 0.05) is 30.2 Å². The maximum atomic E-state index is 13.5. The molecule has 1 aliphatic heterocycles. The molecule has 4 aromatic carbocycles. The lowest BCUT2D eigenvalue weighted by atomic mass is 9.99. The molecule has 1 heterocycles. The number of hydrogen-bond donors (Lipinski definition) is 0. The van der Waals surface area contributed by atoms with Crippen molar-refractivity contribution < 1.29 is 4.79 Å². The first-order valence-corrected chi connectivity index (χ1v) is 12.5. The van der Waals surface area contributed by atoms with E-state index in [0.29, 0.717) is 30.2 Å². The second kappa shape index (κ2) is 10.2. The van der Waals surface area contributed by atoms with Crippen LogP contribution >= 0.6 is 23.2 Å². The summed E-state index contributed by atoms with van der Waals surface area (Å²) < 4.78 is 0. The molecule has 5 heteroatoms. The third-order valence-corrected chi connectivity index (χ3v) is 7.13.